The fraction of sp³-hybridized carbons (Fsp3) is 0.333. The molecule has 0 radical (unpaired) electrons. The van der Waals surface area contributed by atoms with Gasteiger partial charge >= 0.3 is 0 Å². The van der Waals surface area contributed by atoms with Crippen molar-refractivity contribution in [3.05, 3.63) is 89.0 Å². The average molecular weight is 470 g/mol. The summed E-state index contributed by atoms with van der Waals surface area (Å²) in [6.45, 7) is 13.7. The first-order valence-electron chi connectivity index (χ1n) is 10.9. The first kappa shape index (κ1) is 25.2. The van der Waals surface area contributed by atoms with E-state index in [0.29, 0.717) is 0 Å². The zero-order chi connectivity index (χ0) is 24.6. The van der Waals surface area contributed by atoms with Crippen LogP contribution in [0.25, 0.3) is 0 Å². The van der Waals surface area contributed by atoms with Gasteiger partial charge in [-0.15, -0.1) is 0 Å². The zero-order valence-corrected chi connectivity index (χ0v) is 20.8. The third kappa shape index (κ3) is 6.34. The van der Waals surface area contributed by atoms with E-state index in [0.717, 1.165) is 6.42 Å². The summed E-state index contributed by atoms with van der Waals surface area (Å²) in [6, 6.07) is 24.8. The van der Waals surface area contributed by atoms with E-state index in [-0.39, 0.29) is 10.8 Å². The Bertz CT molecular complexity index is 1040. The molecule has 0 spiro atoms. The van der Waals surface area contributed by atoms with E-state index in [1.165, 1.54) is 39.3 Å². The van der Waals surface area contributed by atoms with Crippen LogP contribution in [0.1, 0.15) is 63.8 Å². The summed E-state index contributed by atoms with van der Waals surface area (Å²) in [5, 5.41) is 0. The Morgan fingerprint density at radius 1 is 0.697 bits per heavy atom. The monoisotopic (exact) mass is 469 g/mol. The van der Waals surface area contributed by atoms with E-state index in [1.807, 2.05) is 0 Å². The molecule has 5 nitrogen and oxygen atoms in total. The molecule has 1 aliphatic rings. The van der Waals surface area contributed by atoms with Crippen LogP contribution in [0.4, 0.5) is 17.1 Å². The molecule has 0 saturated carbocycles. The topological polar surface area (TPSA) is 92.7 Å². The summed E-state index contributed by atoms with van der Waals surface area (Å²) in [6.07, 6.45) is 0.989. The predicted molar refractivity (Wildman–Crippen MR) is 124 cm³/mol. The molecular formula is C27H32ClNO4. The first-order chi connectivity index (χ1) is 15.1. The maximum Gasteiger partial charge on any atom is 0.0777 e. The smallest absolute Gasteiger partial charge is 0.0777 e. The van der Waals surface area contributed by atoms with Crippen LogP contribution in [0.15, 0.2) is 66.7 Å². The maximum atomic E-state index is 8.60. The lowest BCUT2D eigenvalue weighted by Crippen LogP contribution is -2.58. The number of anilines is 3. The second-order valence-corrected chi connectivity index (χ2v) is 11.2. The number of nitrogens with zero attached hydrogens (tertiary/aromatic N) is 1. The van der Waals surface area contributed by atoms with Gasteiger partial charge in [0.05, 0.1) is 14.9 Å². The minimum atomic E-state index is -4.69. The molecule has 176 valence electrons. The fourth-order valence-corrected chi connectivity index (χ4v) is 3.97. The quantitative estimate of drug-likeness (QED) is 0.460. The van der Waals surface area contributed by atoms with Crippen LogP contribution in [0, 0.1) is 10.2 Å². The molecule has 0 bridgehead atoms. The van der Waals surface area contributed by atoms with E-state index in [4.69, 9.17) is 18.6 Å². The number of rotatable bonds is 1. The Morgan fingerprint density at radius 3 is 1.45 bits per heavy atom. The standard InChI is InChI=1S/C27H31N.ClHO4/c1-26(2,3)21-14-12-19-16-20-13-15-22(27(4,5)6)18-25(20)28(24(19)17-21)23-10-8-7-9-11-23;2-1(3,4)5/h7-15,17-18H,16H2,1-6H3;(H,2,3,4,5). The fourth-order valence-electron chi connectivity index (χ4n) is 3.97. The summed E-state index contributed by atoms with van der Waals surface area (Å²) in [4.78, 5) is 2.46. The van der Waals surface area contributed by atoms with Crippen molar-refractivity contribution in [3.63, 3.8) is 0 Å². The van der Waals surface area contributed by atoms with Gasteiger partial charge in [-0.05, 0) is 57.3 Å². The van der Waals surface area contributed by atoms with Gasteiger partial charge in [0.15, 0.2) is 0 Å². The summed E-state index contributed by atoms with van der Waals surface area (Å²) in [5.41, 5.74) is 9.66. The van der Waals surface area contributed by atoms with Crippen molar-refractivity contribution in [2.45, 2.75) is 58.8 Å². The Balaban J connectivity index is 0.000000555. The number of para-hydroxylation sites is 1. The predicted octanol–water partition coefficient (Wildman–Crippen LogP) is 3.53. The SMILES string of the molecule is CC(C)(C)c1ccc2c(c1)N(c1ccccc1)c1cc(C(C)(C)C)ccc1C2.[O-][Cl+3]([O-])([O-])O. The highest BCUT2D eigenvalue weighted by atomic mass is 35.7. The summed E-state index contributed by atoms with van der Waals surface area (Å²) in [5.74, 6) is 0. The number of benzene rings is 3. The van der Waals surface area contributed by atoms with E-state index in [9.17, 15) is 0 Å². The highest BCUT2D eigenvalue weighted by Gasteiger charge is 2.27. The molecule has 33 heavy (non-hydrogen) atoms. The van der Waals surface area contributed by atoms with Gasteiger partial charge in [0, 0.05) is 23.5 Å². The summed E-state index contributed by atoms with van der Waals surface area (Å²) >= 11 is 0. The van der Waals surface area contributed by atoms with Crippen molar-refractivity contribution in [2.24, 2.45) is 0 Å². The van der Waals surface area contributed by atoms with Crippen molar-refractivity contribution in [2.75, 3.05) is 4.90 Å². The maximum absolute atomic E-state index is 8.60. The van der Waals surface area contributed by atoms with Gasteiger partial charge < -0.3 is 4.90 Å². The lowest BCUT2D eigenvalue weighted by Gasteiger charge is -2.36. The third-order valence-corrected chi connectivity index (χ3v) is 5.78. The van der Waals surface area contributed by atoms with E-state index in [2.05, 4.69) is 113 Å². The van der Waals surface area contributed by atoms with Crippen LogP contribution in [-0.4, -0.2) is 4.66 Å². The normalized spacial score (nSPS) is 13.6. The molecule has 3 aromatic rings. The molecule has 6 heteroatoms. The number of hydrogen-bond donors (Lipinski definition) is 1. The lowest BCUT2D eigenvalue weighted by atomic mass is 9.82. The lowest BCUT2D eigenvalue weighted by molar-refractivity contribution is -1.92. The van der Waals surface area contributed by atoms with Crippen LogP contribution in [-0.2, 0) is 17.3 Å². The molecule has 1 heterocycles. The van der Waals surface area contributed by atoms with Crippen LogP contribution in [0.2, 0.25) is 0 Å². The molecule has 0 amide bonds. The Morgan fingerprint density at radius 2 is 1.09 bits per heavy atom. The van der Waals surface area contributed by atoms with Gasteiger partial charge in [0.2, 0.25) is 0 Å². The van der Waals surface area contributed by atoms with E-state index < -0.39 is 10.2 Å². The van der Waals surface area contributed by atoms with Crippen molar-refractivity contribution in [3.8, 4) is 0 Å². The summed E-state index contributed by atoms with van der Waals surface area (Å²) < 4.78 is 32.7. The molecule has 0 saturated heterocycles. The van der Waals surface area contributed by atoms with Gasteiger partial charge in [0.25, 0.3) is 0 Å². The molecular weight excluding hydrogens is 438 g/mol. The number of fused-ring (bicyclic) bond motifs is 2. The molecule has 3 aromatic carbocycles. The van der Waals surface area contributed by atoms with Crippen molar-refractivity contribution >= 4 is 17.1 Å². The molecule has 0 fully saturated rings. The largest absolute Gasteiger partial charge is 0.310 e. The first-order valence-corrected chi connectivity index (χ1v) is 12.2. The van der Waals surface area contributed by atoms with Crippen LogP contribution in [0.5, 0.6) is 0 Å². The summed E-state index contributed by atoms with van der Waals surface area (Å²) in [7, 11) is -4.69. The van der Waals surface area contributed by atoms with Gasteiger partial charge in [0.1, 0.15) is 0 Å². The van der Waals surface area contributed by atoms with Crippen LogP contribution >= 0.6 is 0 Å². The molecule has 0 aliphatic carbocycles. The van der Waals surface area contributed by atoms with Crippen molar-refractivity contribution < 1.29 is 28.9 Å². The molecule has 0 aromatic heterocycles. The van der Waals surface area contributed by atoms with Crippen molar-refractivity contribution in [1.29, 1.82) is 0 Å². The minimum absolute atomic E-state index is 0.130. The Labute approximate surface area is 198 Å². The second-order valence-electron chi connectivity index (χ2n) is 10.4. The third-order valence-electron chi connectivity index (χ3n) is 5.78. The highest BCUT2D eigenvalue weighted by molar-refractivity contribution is 5.84. The molecule has 0 atom stereocenters. The van der Waals surface area contributed by atoms with Crippen molar-refractivity contribution in [1.82, 2.24) is 0 Å². The van der Waals surface area contributed by atoms with Gasteiger partial charge in [-0.25, -0.2) is 0 Å². The second kappa shape index (κ2) is 9.09. The Hall–Kier alpha value is -2.41. The minimum Gasteiger partial charge on any atom is -0.310 e. The zero-order valence-electron chi connectivity index (χ0n) is 20.1. The van der Waals surface area contributed by atoms with E-state index in [1.54, 1.807) is 0 Å². The Kier molecular flexibility index (Phi) is 6.94. The molecule has 1 aliphatic heterocycles. The molecule has 0 unspecified atom stereocenters. The van der Waals surface area contributed by atoms with Gasteiger partial charge in [-0.2, -0.15) is 14.0 Å². The highest BCUT2D eigenvalue weighted by Crippen LogP contribution is 2.46. The number of halogens is 1. The molecule has 1 N–H and O–H groups in total. The molecule has 4 rings (SSSR count). The van der Waals surface area contributed by atoms with Crippen LogP contribution < -0.4 is 18.9 Å². The van der Waals surface area contributed by atoms with Gasteiger partial charge in [-0.1, -0.05) is 84.0 Å². The number of hydrogen-bond acceptors (Lipinski definition) is 5. The average Bonchev–Trinajstić information content (AvgIpc) is 2.69. The van der Waals surface area contributed by atoms with E-state index >= 15 is 0 Å². The van der Waals surface area contributed by atoms with Crippen LogP contribution in [0.3, 0.4) is 0 Å². The van der Waals surface area contributed by atoms with Gasteiger partial charge in [-0.3, -0.25) is 0 Å².